The number of fused-ring (bicyclic) bond motifs is 1. The Morgan fingerprint density at radius 1 is 1.09 bits per heavy atom. The zero-order valence-electron chi connectivity index (χ0n) is 12.7. The molecule has 1 aliphatic heterocycles. The third kappa shape index (κ3) is 3.75. The van der Waals surface area contributed by atoms with Gasteiger partial charge in [0, 0.05) is 16.7 Å². The lowest BCUT2D eigenvalue weighted by Crippen LogP contribution is -2.44. The number of hydrogen-bond donors (Lipinski definition) is 2. The minimum atomic E-state index is -0.182. The third-order valence-electron chi connectivity index (χ3n) is 4.52. The largest absolute Gasteiger partial charge is 0.335 e. The molecule has 0 aromatic heterocycles. The molecule has 5 heteroatoms. The normalized spacial score (nSPS) is 22.5. The van der Waals surface area contributed by atoms with E-state index in [1.165, 1.54) is 43.5 Å². The quantitative estimate of drug-likeness (QED) is 0.793. The molecule has 1 aliphatic carbocycles. The monoisotopic (exact) mass is 322 g/mol. The van der Waals surface area contributed by atoms with Crippen LogP contribution in [0.1, 0.15) is 56.6 Å². The summed E-state index contributed by atoms with van der Waals surface area (Å²) >= 11 is 1.54. The molecule has 1 fully saturated rings. The van der Waals surface area contributed by atoms with Crippen LogP contribution in [0.3, 0.4) is 0 Å². The van der Waals surface area contributed by atoms with E-state index in [1.54, 1.807) is 6.07 Å². The average molecular weight is 322 g/mol. The van der Waals surface area contributed by atoms with Crippen LogP contribution in [-0.2, 0) is 0 Å². The lowest BCUT2D eigenvalue weighted by atomic mass is 10.0. The van der Waals surface area contributed by atoms with E-state index in [1.807, 2.05) is 6.07 Å². The van der Waals surface area contributed by atoms with Crippen LogP contribution in [-0.4, -0.2) is 17.8 Å². The van der Waals surface area contributed by atoms with E-state index < -0.39 is 0 Å². The number of halogens is 1. The Hall–Kier alpha value is -1.23. The topological polar surface area (TPSA) is 41.1 Å². The van der Waals surface area contributed by atoms with Gasteiger partial charge in [0.2, 0.25) is 0 Å². The molecule has 3 nitrogen and oxygen atoms in total. The van der Waals surface area contributed by atoms with E-state index in [9.17, 15) is 9.18 Å². The van der Waals surface area contributed by atoms with Crippen molar-refractivity contribution in [1.29, 1.82) is 0 Å². The van der Waals surface area contributed by atoms with Crippen molar-refractivity contribution in [2.75, 3.05) is 5.75 Å². The van der Waals surface area contributed by atoms with Crippen LogP contribution < -0.4 is 10.6 Å². The number of carbonyl (C=O) groups is 1. The maximum Gasteiger partial charge on any atom is 0.315 e. The number of benzene rings is 1. The molecule has 2 aliphatic rings. The van der Waals surface area contributed by atoms with E-state index in [0.717, 1.165) is 30.6 Å². The minimum absolute atomic E-state index is 0.0854. The second kappa shape index (κ2) is 7.36. The van der Waals surface area contributed by atoms with Crippen molar-refractivity contribution in [3.05, 3.63) is 29.6 Å². The first-order chi connectivity index (χ1) is 10.7. The van der Waals surface area contributed by atoms with E-state index >= 15 is 0 Å². The first-order valence-electron chi connectivity index (χ1n) is 8.22. The molecule has 0 bridgehead atoms. The van der Waals surface area contributed by atoms with Crippen LogP contribution >= 0.6 is 11.8 Å². The summed E-state index contributed by atoms with van der Waals surface area (Å²) in [6, 6.07) is 5.21. The number of carbonyl (C=O) groups excluding carboxylic acids is 1. The molecule has 22 heavy (non-hydrogen) atoms. The SMILES string of the molecule is O=C(NC1CCCCCC1)N[C@H]1CCSc2c(F)cccc21. The van der Waals surface area contributed by atoms with E-state index in [2.05, 4.69) is 10.6 Å². The number of urea groups is 1. The van der Waals surface area contributed by atoms with Gasteiger partial charge >= 0.3 is 6.03 Å². The van der Waals surface area contributed by atoms with Crippen molar-refractivity contribution in [2.24, 2.45) is 0 Å². The maximum atomic E-state index is 13.9. The molecule has 2 amide bonds. The molecule has 0 spiro atoms. The number of hydrogen-bond acceptors (Lipinski definition) is 2. The summed E-state index contributed by atoms with van der Waals surface area (Å²) in [5, 5.41) is 6.14. The minimum Gasteiger partial charge on any atom is -0.335 e. The lowest BCUT2D eigenvalue weighted by Gasteiger charge is -2.27. The second-order valence-electron chi connectivity index (χ2n) is 6.15. The van der Waals surface area contributed by atoms with Gasteiger partial charge in [-0.1, -0.05) is 37.8 Å². The van der Waals surface area contributed by atoms with Gasteiger partial charge in [-0.2, -0.15) is 0 Å². The van der Waals surface area contributed by atoms with Crippen molar-refractivity contribution in [3.8, 4) is 0 Å². The number of thioether (sulfide) groups is 1. The standard InChI is InChI=1S/C17H23FN2OS/c18-14-9-5-8-13-15(10-11-22-16(13)14)20-17(21)19-12-6-3-1-2-4-7-12/h5,8-9,12,15H,1-4,6-7,10-11H2,(H2,19,20,21)/t15-/m0/s1. The van der Waals surface area contributed by atoms with Crippen molar-refractivity contribution in [3.63, 3.8) is 0 Å². The smallest absolute Gasteiger partial charge is 0.315 e. The molecule has 1 aromatic rings. The van der Waals surface area contributed by atoms with Crippen molar-refractivity contribution in [2.45, 2.75) is 61.9 Å². The highest BCUT2D eigenvalue weighted by molar-refractivity contribution is 7.99. The van der Waals surface area contributed by atoms with Crippen LogP contribution in [0.4, 0.5) is 9.18 Å². The second-order valence-corrected chi connectivity index (χ2v) is 7.26. The highest BCUT2D eigenvalue weighted by atomic mass is 32.2. The number of nitrogens with one attached hydrogen (secondary N) is 2. The molecule has 1 saturated carbocycles. The molecule has 1 aromatic carbocycles. The Morgan fingerprint density at radius 3 is 2.64 bits per heavy atom. The predicted octanol–water partition coefficient (Wildman–Crippen LogP) is 4.38. The Kier molecular flexibility index (Phi) is 5.24. The van der Waals surface area contributed by atoms with Gasteiger partial charge in [-0.3, -0.25) is 0 Å². The molecule has 120 valence electrons. The number of rotatable bonds is 2. The molecule has 0 saturated heterocycles. The lowest BCUT2D eigenvalue weighted by molar-refractivity contribution is 0.231. The fourth-order valence-corrected chi connectivity index (χ4v) is 4.49. The molecule has 2 N–H and O–H groups in total. The zero-order chi connectivity index (χ0) is 15.4. The zero-order valence-corrected chi connectivity index (χ0v) is 13.6. The fourth-order valence-electron chi connectivity index (χ4n) is 3.35. The molecule has 3 rings (SSSR count). The van der Waals surface area contributed by atoms with Crippen LogP contribution in [0.15, 0.2) is 23.1 Å². The van der Waals surface area contributed by atoms with Gasteiger partial charge in [-0.05, 0) is 30.9 Å². The summed E-state index contributed by atoms with van der Waals surface area (Å²) in [5.74, 6) is 0.653. The molecular formula is C17H23FN2OS. The van der Waals surface area contributed by atoms with Gasteiger partial charge in [0.05, 0.1) is 6.04 Å². The van der Waals surface area contributed by atoms with Crippen LogP contribution in [0.5, 0.6) is 0 Å². The maximum absolute atomic E-state index is 13.9. The first kappa shape index (κ1) is 15.7. The Balaban J connectivity index is 1.61. The first-order valence-corrected chi connectivity index (χ1v) is 9.21. The average Bonchev–Trinajstić information content (AvgIpc) is 2.77. The molecule has 1 heterocycles. The van der Waals surface area contributed by atoms with Gasteiger partial charge in [0.1, 0.15) is 5.82 Å². The van der Waals surface area contributed by atoms with Gasteiger partial charge in [0.25, 0.3) is 0 Å². The highest BCUT2D eigenvalue weighted by Crippen LogP contribution is 2.37. The van der Waals surface area contributed by atoms with Crippen molar-refractivity contribution in [1.82, 2.24) is 10.6 Å². The third-order valence-corrected chi connectivity index (χ3v) is 5.68. The van der Waals surface area contributed by atoms with Crippen LogP contribution in [0.25, 0.3) is 0 Å². The van der Waals surface area contributed by atoms with Gasteiger partial charge in [0.15, 0.2) is 0 Å². The molecule has 0 radical (unpaired) electrons. The van der Waals surface area contributed by atoms with Gasteiger partial charge in [-0.15, -0.1) is 11.8 Å². The van der Waals surface area contributed by atoms with Crippen molar-refractivity contribution >= 4 is 17.8 Å². The summed E-state index contributed by atoms with van der Waals surface area (Å²) in [4.78, 5) is 13.0. The Labute approximate surface area is 135 Å². The summed E-state index contributed by atoms with van der Waals surface area (Å²) in [7, 11) is 0. The van der Waals surface area contributed by atoms with E-state index in [0.29, 0.717) is 4.90 Å². The molecular weight excluding hydrogens is 299 g/mol. The van der Waals surface area contributed by atoms with E-state index in [4.69, 9.17) is 0 Å². The highest BCUT2D eigenvalue weighted by Gasteiger charge is 2.25. The van der Waals surface area contributed by atoms with Gasteiger partial charge < -0.3 is 10.6 Å². The molecule has 0 unspecified atom stereocenters. The summed E-state index contributed by atoms with van der Waals surface area (Å²) in [5.41, 5.74) is 0.910. The van der Waals surface area contributed by atoms with Crippen molar-refractivity contribution < 1.29 is 9.18 Å². The Morgan fingerprint density at radius 2 is 1.86 bits per heavy atom. The Bertz CT molecular complexity index is 529. The number of amides is 2. The summed E-state index contributed by atoms with van der Waals surface area (Å²) < 4.78 is 13.9. The fraction of sp³-hybridized carbons (Fsp3) is 0.588. The summed E-state index contributed by atoms with van der Waals surface area (Å²) in [6.07, 6.45) is 7.91. The molecule has 1 atom stereocenters. The van der Waals surface area contributed by atoms with Crippen LogP contribution in [0.2, 0.25) is 0 Å². The predicted molar refractivity (Wildman–Crippen MR) is 87.6 cm³/mol. The van der Waals surface area contributed by atoms with Crippen LogP contribution in [0, 0.1) is 5.82 Å². The van der Waals surface area contributed by atoms with Gasteiger partial charge in [-0.25, -0.2) is 9.18 Å². The van der Waals surface area contributed by atoms with E-state index in [-0.39, 0.29) is 23.9 Å². The summed E-state index contributed by atoms with van der Waals surface area (Å²) in [6.45, 7) is 0.